The molecule has 1 saturated heterocycles. The number of aromatic nitrogens is 4. The van der Waals surface area contributed by atoms with Gasteiger partial charge in [0.15, 0.2) is 5.58 Å². The van der Waals surface area contributed by atoms with Crippen LogP contribution in [0.1, 0.15) is 30.1 Å². The lowest BCUT2D eigenvalue weighted by Gasteiger charge is -2.31. The number of rotatable bonds is 4. The molecule has 6 nitrogen and oxygen atoms in total. The third-order valence-corrected chi connectivity index (χ3v) is 5.19. The second-order valence-corrected chi connectivity index (χ2v) is 7.02. The first kappa shape index (κ1) is 16.1. The molecule has 0 spiro atoms. The van der Waals surface area contributed by atoms with Crippen molar-refractivity contribution in [3.63, 3.8) is 0 Å². The van der Waals surface area contributed by atoms with Gasteiger partial charge in [-0.2, -0.15) is 4.98 Å². The summed E-state index contributed by atoms with van der Waals surface area (Å²) in [5.41, 5.74) is 2.98. The summed E-state index contributed by atoms with van der Waals surface area (Å²) in [6.45, 7) is 2.66. The van der Waals surface area contributed by atoms with Crippen LogP contribution >= 0.6 is 0 Å². The van der Waals surface area contributed by atoms with Gasteiger partial charge >= 0.3 is 0 Å². The van der Waals surface area contributed by atoms with E-state index in [-0.39, 0.29) is 0 Å². The number of nitrogens with zero attached hydrogens (tertiary/aromatic N) is 5. The lowest BCUT2D eigenvalue weighted by atomic mass is 9.97. The standard InChI is InChI=1S/C21H21N5O/c1-2-6-19-18(5-1)24-21(27-19)26-12-3-4-17(15-26)20-23-11-13-25(20)14-16-7-9-22-10-8-16/h1-2,5-11,13,17H,3-4,12,14-15H2/t17-/m0/s1. The fourth-order valence-electron chi connectivity index (χ4n) is 3.86. The van der Waals surface area contributed by atoms with E-state index in [1.54, 1.807) is 0 Å². The number of fused-ring (bicyclic) bond motifs is 1. The Morgan fingerprint density at radius 1 is 1.07 bits per heavy atom. The van der Waals surface area contributed by atoms with E-state index in [9.17, 15) is 0 Å². The number of pyridine rings is 1. The van der Waals surface area contributed by atoms with Gasteiger partial charge in [0.2, 0.25) is 0 Å². The molecule has 1 fully saturated rings. The van der Waals surface area contributed by atoms with Crippen LogP contribution in [-0.2, 0) is 6.54 Å². The molecule has 0 amide bonds. The number of benzene rings is 1. The molecular weight excluding hydrogens is 338 g/mol. The molecule has 6 heteroatoms. The number of para-hydroxylation sites is 2. The fraction of sp³-hybridized carbons (Fsp3) is 0.286. The van der Waals surface area contributed by atoms with Crippen LogP contribution in [-0.4, -0.2) is 32.6 Å². The van der Waals surface area contributed by atoms with Crippen LogP contribution in [0.3, 0.4) is 0 Å². The molecule has 27 heavy (non-hydrogen) atoms. The third-order valence-electron chi connectivity index (χ3n) is 5.19. The van der Waals surface area contributed by atoms with Crippen molar-refractivity contribution in [2.24, 2.45) is 0 Å². The maximum absolute atomic E-state index is 5.98. The van der Waals surface area contributed by atoms with E-state index in [0.717, 1.165) is 49.4 Å². The van der Waals surface area contributed by atoms with Crippen LogP contribution in [0.5, 0.6) is 0 Å². The van der Waals surface area contributed by atoms with Crippen molar-refractivity contribution < 1.29 is 4.42 Å². The van der Waals surface area contributed by atoms with Crippen LogP contribution in [0.2, 0.25) is 0 Å². The average Bonchev–Trinajstić information content (AvgIpc) is 3.36. The monoisotopic (exact) mass is 359 g/mol. The summed E-state index contributed by atoms with van der Waals surface area (Å²) in [6, 6.07) is 12.7. The highest BCUT2D eigenvalue weighted by Crippen LogP contribution is 2.30. The first-order valence-electron chi connectivity index (χ1n) is 9.37. The summed E-state index contributed by atoms with van der Waals surface area (Å²) >= 11 is 0. The quantitative estimate of drug-likeness (QED) is 0.554. The summed E-state index contributed by atoms with van der Waals surface area (Å²) in [7, 11) is 0. The first-order valence-corrected chi connectivity index (χ1v) is 9.37. The Morgan fingerprint density at radius 2 is 1.96 bits per heavy atom. The Morgan fingerprint density at radius 3 is 2.85 bits per heavy atom. The predicted octanol–water partition coefficient (Wildman–Crippen LogP) is 3.85. The van der Waals surface area contributed by atoms with Crippen LogP contribution in [0, 0.1) is 0 Å². The normalized spacial score (nSPS) is 17.5. The SMILES string of the molecule is c1ccc2oc(N3CCC[C@H](c4nccn4Cc4ccncc4)C3)nc2c1. The van der Waals surface area contributed by atoms with Gasteiger partial charge in [0.05, 0.1) is 0 Å². The Bertz CT molecular complexity index is 1010. The van der Waals surface area contributed by atoms with E-state index in [4.69, 9.17) is 4.42 Å². The zero-order valence-corrected chi connectivity index (χ0v) is 15.0. The Hall–Kier alpha value is -3.15. The molecule has 1 aliphatic rings. The molecule has 0 radical (unpaired) electrons. The summed E-state index contributed by atoms with van der Waals surface area (Å²) in [4.78, 5) is 15.7. The van der Waals surface area contributed by atoms with Gasteiger partial charge in [0.25, 0.3) is 6.01 Å². The molecule has 0 aliphatic carbocycles. The zero-order chi connectivity index (χ0) is 18.1. The van der Waals surface area contributed by atoms with Gasteiger partial charge < -0.3 is 13.9 Å². The molecule has 0 bridgehead atoms. The Balaban J connectivity index is 1.38. The zero-order valence-electron chi connectivity index (χ0n) is 15.0. The van der Waals surface area contributed by atoms with Gasteiger partial charge in [-0.25, -0.2) is 4.98 Å². The van der Waals surface area contributed by atoms with Crippen molar-refractivity contribution in [1.82, 2.24) is 19.5 Å². The summed E-state index contributed by atoms with van der Waals surface area (Å²) in [6.07, 6.45) is 9.86. The number of hydrogen-bond donors (Lipinski definition) is 0. The number of anilines is 1. The number of hydrogen-bond acceptors (Lipinski definition) is 5. The maximum Gasteiger partial charge on any atom is 0.298 e. The van der Waals surface area contributed by atoms with E-state index < -0.39 is 0 Å². The molecule has 136 valence electrons. The van der Waals surface area contributed by atoms with Gasteiger partial charge in [0, 0.05) is 50.3 Å². The Kier molecular flexibility index (Phi) is 4.08. The molecule has 4 aromatic rings. The molecule has 4 heterocycles. The lowest BCUT2D eigenvalue weighted by Crippen LogP contribution is -2.35. The number of oxazole rings is 1. The largest absolute Gasteiger partial charge is 0.423 e. The smallest absolute Gasteiger partial charge is 0.298 e. The molecule has 1 aliphatic heterocycles. The maximum atomic E-state index is 5.98. The lowest BCUT2D eigenvalue weighted by molar-refractivity contribution is 0.447. The minimum Gasteiger partial charge on any atom is -0.423 e. The van der Waals surface area contributed by atoms with Gasteiger partial charge in [-0.3, -0.25) is 4.98 Å². The topological polar surface area (TPSA) is 60.0 Å². The first-order chi connectivity index (χ1) is 13.4. The molecule has 0 N–H and O–H groups in total. The van der Waals surface area contributed by atoms with E-state index in [1.165, 1.54) is 5.56 Å². The molecule has 0 saturated carbocycles. The molecule has 3 aromatic heterocycles. The molecule has 1 atom stereocenters. The minimum atomic E-state index is 0.366. The van der Waals surface area contributed by atoms with E-state index in [1.807, 2.05) is 42.9 Å². The van der Waals surface area contributed by atoms with Crippen molar-refractivity contribution in [1.29, 1.82) is 0 Å². The van der Waals surface area contributed by atoms with Crippen LogP contribution < -0.4 is 4.90 Å². The number of imidazole rings is 1. The molecule has 0 unspecified atom stereocenters. The summed E-state index contributed by atoms with van der Waals surface area (Å²) < 4.78 is 8.23. The number of piperidine rings is 1. The highest BCUT2D eigenvalue weighted by molar-refractivity contribution is 5.74. The van der Waals surface area contributed by atoms with Gasteiger partial charge in [-0.1, -0.05) is 12.1 Å². The van der Waals surface area contributed by atoms with Crippen LogP contribution in [0.25, 0.3) is 11.1 Å². The molecule has 5 rings (SSSR count). The second kappa shape index (κ2) is 6.87. The second-order valence-electron chi connectivity index (χ2n) is 7.02. The average molecular weight is 359 g/mol. The molecule has 1 aromatic carbocycles. The van der Waals surface area contributed by atoms with Gasteiger partial charge in [0.1, 0.15) is 11.3 Å². The van der Waals surface area contributed by atoms with Crippen LogP contribution in [0.4, 0.5) is 6.01 Å². The van der Waals surface area contributed by atoms with Crippen molar-refractivity contribution in [2.45, 2.75) is 25.3 Å². The third kappa shape index (κ3) is 3.18. The van der Waals surface area contributed by atoms with Crippen molar-refractivity contribution in [3.05, 3.63) is 72.6 Å². The van der Waals surface area contributed by atoms with E-state index in [2.05, 4.69) is 42.7 Å². The van der Waals surface area contributed by atoms with Gasteiger partial charge in [-0.05, 0) is 42.7 Å². The van der Waals surface area contributed by atoms with Gasteiger partial charge in [-0.15, -0.1) is 0 Å². The minimum absolute atomic E-state index is 0.366. The highest BCUT2D eigenvalue weighted by Gasteiger charge is 2.27. The predicted molar refractivity (Wildman–Crippen MR) is 104 cm³/mol. The Labute approximate surface area is 157 Å². The van der Waals surface area contributed by atoms with Crippen molar-refractivity contribution >= 4 is 17.1 Å². The van der Waals surface area contributed by atoms with E-state index >= 15 is 0 Å². The fourth-order valence-corrected chi connectivity index (χ4v) is 3.86. The summed E-state index contributed by atoms with van der Waals surface area (Å²) in [5, 5.41) is 0. The van der Waals surface area contributed by atoms with Crippen molar-refractivity contribution in [3.8, 4) is 0 Å². The van der Waals surface area contributed by atoms with E-state index in [0.29, 0.717) is 11.9 Å². The molecular formula is C21H21N5O. The van der Waals surface area contributed by atoms with Crippen molar-refractivity contribution in [2.75, 3.05) is 18.0 Å². The summed E-state index contributed by atoms with van der Waals surface area (Å²) in [5.74, 6) is 1.50. The highest BCUT2D eigenvalue weighted by atomic mass is 16.4. The van der Waals surface area contributed by atoms with Crippen LogP contribution in [0.15, 0.2) is 65.6 Å².